The van der Waals surface area contributed by atoms with E-state index in [9.17, 15) is 14.4 Å². The van der Waals surface area contributed by atoms with Crippen molar-refractivity contribution in [3.05, 3.63) is 0 Å². The summed E-state index contributed by atoms with van der Waals surface area (Å²) < 4.78 is 0. The lowest BCUT2D eigenvalue weighted by molar-refractivity contribution is -0.139. The Morgan fingerprint density at radius 3 is 2.14 bits per heavy atom. The second-order valence-electron chi connectivity index (χ2n) is 6.11. The van der Waals surface area contributed by atoms with Gasteiger partial charge in [0.25, 0.3) is 0 Å². The zero-order chi connectivity index (χ0) is 16.6. The highest BCUT2D eigenvalue weighted by Gasteiger charge is 2.23. The number of nitrogens with one attached hydrogen (secondary N) is 3. The minimum absolute atomic E-state index is 0.321. The standard InChI is InChI=1S/C14H27N3O4/c1-6-7-8-10(12(19)20)16-13(21)15-9(2)11(18)17-14(3,4)5/h9-10H,6-8H2,1-5H3,(H,17,18)(H,19,20)(H2,15,16,21)/t9?,10-/m0/s1. The lowest BCUT2D eigenvalue weighted by Gasteiger charge is -2.24. The van der Waals surface area contributed by atoms with E-state index in [4.69, 9.17) is 5.11 Å². The number of urea groups is 1. The van der Waals surface area contributed by atoms with E-state index in [1.165, 1.54) is 0 Å². The molecule has 0 saturated heterocycles. The van der Waals surface area contributed by atoms with Crippen LogP contribution < -0.4 is 16.0 Å². The van der Waals surface area contributed by atoms with Crippen LogP contribution in [0.1, 0.15) is 53.9 Å². The van der Waals surface area contributed by atoms with Crippen LogP contribution in [-0.4, -0.2) is 40.6 Å². The number of carboxylic acid groups (broad SMARTS) is 1. The Labute approximate surface area is 125 Å². The van der Waals surface area contributed by atoms with Crippen LogP contribution in [-0.2, 0) is 9.59 Å². The molecule has 7 nitrogen and oxygen atoms in total. The minimum atomic E-state index is -1.08. The SMILES string of the molecule is CCCC[C@H](NC(=O)NC(C)C(=O)NC(C)(C)C)C(=O)O. The number of unbranched alkanes of at least 4 members (excludes halogenated alkanes) is 1. The highest BCUT2D eigenvalue weighted by molar-refractivity contribution is 5.88. The molecule has 0 aromatic rings. The average Bonchev–Trinajstić information content (AvgIpc) is 2.31. The van der Waals surface area contributed by atoms with E-state index in [1.807, 2.05) is 27.7 Å². The number of hydrogen-bond acceptors (Lipinski definition) is 3. The summed E-state index contributed by atoms with van der Waals surface area (Å²) in [4.78, 5) is 34.6. The summed E-state index contributed by atoms with van der Waals surface area (Å²) in [5.41, 5.74) is -0.395. The van der Waals surface area contributed by atoms with Gasteiger partial charge in [-0.3, -0.25) is 4.79 Å². The molecule has 2 atom stereocenters. The molecular weight excluding hydrogens is 274 g/mol. The van der Waals surface area contributed by atoms with Crippen molar-refractivity contribution in [2.75, 3.05) is 0 Å². The van der Waals surface area contributed by atoms with E-state index in [0.717, 1.165) is 6.42 Å². The third-order valence-corrected chi connectivity index (χ3v) is 2.69. The molecule has 0 saturated carbocycles. The average molecular weight is 301 g/mol. The van der Waals surface area contributed by atoms with Crippen LogP contribution in [0.4, 0.5) is 4.79 Å². The topological polar surface area (TPSA) is 108 Å². The van der Waals surface area contributed by atoms with Gasteiger partial charge >= 0.3 is 12.0 Å². The molecule has 4 N–H and O–H groups in total. The Bertz CT molecular complexity index is 377. The highest BCUT2D eigenvalue weighted by Crippen LogP contribution is 2.02. The minimum Gasteiger partial charge on any atom is -0.480 e. The van der Waals surface area contributed by atoms with E-state index in [1.54, 1.807) is 6.92 Å². The molecular formula is C14H27N3O4. The van der Waals surface area contributed by atoms with Gasteiger partial charge in [0.05, 0.1) is 0 Å². The number of carbonyl (C=O) groups excluding carboxylic acids is 2. The van der Waals surface area contributed by atoms with Gasteiger partial charge in [-0.15, -0.1) is 0 Å². The summed E-state index contributed by atoms with van der Waals surface area (Å²) in [7, 11) is 0. The van der Waals surface area contributed by atoms with Crippen LogP contribution in [0.2, 0.25) is 0 Å². The lowest BCUT2D eigenvalue weighted by atomic mass is 10.1. The fraction of sp³-hybridized carbons (Fsp3) is 0.786. The zero-order valence-corrected chi connectivity index (χ0v) is 13.4. The maximum atomic E-state index is 11.8. The second-order valence-corrected chi connectivity index (χ2v) is 6.11. The summed E-state index contributed by atoms with van der Waals surface area (Å²) in [6.45, 7) is 9.00. The fourth-order valence-corrected chi connectivity index (χ4v) is 1.61. The zero-order valence-electron chi connectivity index (χ0n) is 13.4. The predicted molar refractivity (Wildman–Crippen MR) is 80.0 cm³/mol. The fourth-order valence-electron chi connectivity index (χ4n) is 1.61. The maximum absolute atomic E-state index is 11.8. The molecule has 122 valence electrons. The number of carboxylic acids is 1. The maximum Gasteiger partial charge on any atom is 0.326 e. The van der Waals surface area contributed by atoms with Gasteiger partial charge in [-0.05, 0) is 34.1 Å². The van der Waals surface area contributed by atoms with Crippen molar-refractivity contribution in [1.29, 1.82) is 0 Å². The van der Waals surface area contributed by atoms with E-state index in [2.05, 4.69) is 16.0 Å². The Morgan fingerprint density at radius 2 is 1.71 bits per heavy atom. The summed E-state index contributed by atoms with van der Waals surface area (Å²) in [6.07, 6.45) is 1.91. The van der Waals surface area contributed by atoms with E-state index < -0.39 is 29.6 Å². The number of carbonyl (C=O) groups is 3. The van der Waals surface area contributed by atoms with E-state index in [0.29, 0.717) is 12.8 Å². The van der Waals surface area contributed by atoms with Crippen molar-refractivity contribution in [3.63, 3.8) is 0 Å². The first-order chi connectivity index (χ1) is 9.56. The van der Waals surface area contributed by atoms with Gasteiger partial charge in [0.2, 0.25) is 5.91 Å². The molecule has 0 rings (SSSR count). The third kappa shape index (κ3) is 8.88. The number of rotatable bonds is 7. The lowest BCUT2D eigenvalue weighted by Crippen LogP contribution is -2.54. The number of aliphatic carboxylic acids is 1. The van der Waals surface area contributed by atoms with Crippen LogP contribution in [0.25, 0.3) is 0 Å². The van der Waals surface area contributed by atoms with Gasteiger partial charge < -0.3 is 21.1 Å². The molecule has 0 aromatic heterocycles. The number of amides is 3. The Kier molecular flexibility index (Phi) is 7.76. The van der Waals surface area contributed by atoms with Crippen molar-refractivity contribution in [3.8, 4) is 0 Å². The molecule has 21 heavy (non-hydrogen) atoms. The first-order valence-electron chi connectivity index (χ1n) is 7.18. The largest absolute Gasteiger partial charge is 0.480 e. The highest BCUT2D eigenvalue weighted by atomic mass is 16.4. The molecule has 0 heterocycles. The van der Waals surface area contributed by atoms with Crippen LogP contribution >= 0.6 is 0 Å². The van der Waals surface area contributed by atoms with Crippen molar-refractivity contribution >= 4 is 17.9 Å². The van der Waals surface area contributed by atoms with E-state index >= 15 is 0 Å². The molecule has 0 aliphatic carbocycles. The van der Waals surface area contributed by atoms with Crippen LogP contribution in [0.15, 0.2) is 0 Å². The summed E-state index contributed by atoms with van der Waals surface area (Å²) >= 11 is 0. The Hall–Kier alpha value is -1.79. The molecule has 1 unspecified atom stereocenters. The van der Waals surface area contributed by atoms with Crippen molar-refractivity contribution in [1.82, 2.24) is 16.0 Å². The molecule has 0 aliphatic heterocycles. The van der Waals surface area contributed by atoms with E-state index in [-0.39, 0.29) is 5.91 Å². The molecule has 0 aromatic carbocycles. The van der Waals surface area contributed by atoms with Gasteiger partial charge in [0.15, 0.2) is 0 Å². The molecule has 0 radical (unpaired) electrons. The second kappa shape index (κ2) is 8.49. The van der Waals surface area contributed by atoms with Gasteiger partial charge in [-0.1, -0.05) is 19.8 Å². The summed E-state index contributed by atoms with van der Waals surface area (Å²) in [5, 5.41) is 16.6. The first-order valence-corrected chi connectivity index (χ1v) is 7.18. The Balaban J connectivity index is 4.39. The van der Waals surface area contributed by atoms with Gasteiger partial charge in [0, 0.05) is 5.54 Å². The summed E-state index contributed by atoms with van der Waals surface area (Å²) in [6, 6.07) is -2.34. The van der Waals surface area contributed by atoms with Gasteiger partial charge in [-0.25, -0.2) is 9.59 Å². The van der Waals surface area contributed by atoms with Crippen molar-refractivity contribution in [2.24, 2.45) is 0 Å². The third-order valence-electron chi connectivity index (χ3n) is 2.69. The number of hydrogen-bond donors (Lipinski definition) is 4. The van der Waals surface area contributed by atoms with Gasteiger partial charge in [0.1, 0.15) is 12.1 Å². The monoisotopic (exact) mass is 301 g/mol. The predicted octanol–water partition coefficient (Wildman–Crippen LogP) is 1.23. The molecule has 7 heteroatoms. The smallest absolute Gasteiger partial charge is 0.326 e. The molecule has 0 bridgehead atoms. The molecule has 0 aliphatic rings. The van der Waals surface area contributed by atoms with Crippen LogP contribution in [0, 0.1) is 0 Å². The molecule has 0 fully saturated rings. The quantitative estimate of drug-likeness (QED) is 0.567. The van der Waals surface area contributed by atoms with Crippen molar-refractivity contribution < 1.29 is 19.5 Å². The van der Waals surface area contributed by atoms with Crippen molar-refractivity contribution in [2.45, 2.75) is 71.5 Å². The first kappa shape index (κ1) is 19.2. The Morgan fingerprint density at radius 1 is 1.14 bits per heavy atom. The normalized spacial score (nSPS) is 14.0. The van der Waals surface area contributed by atoms with Gasteiger partial charge in [-0.2, -0.15) is 0 Å². The molecule has 3 amide bonds. The van der Waals surface area contributed by atoms with Crippen LogP contribution in [0.3, 0.4) is 0 Å². The van der Waals surface area contributed by atoms with Crippen LogP contribution in [0.5, 0.6) is 0 Å². The summed E-state index contributed by atoms with van der Waals surface area (Å²) in [5.74, 6) is -1.40. The molecule has 0 spiro atoms.